The predicted molar refractivity (Wildman–Crippen MR) is 73.1 cm³/mol. The number of cyclic esters (lactones) is 1. The van der Waals surface area contributed by atoms with Crippen molar-refractivity contribution in [2.45, 2.75) is 19.3 Å². The van der Waals surface area contributed by atoms with Gasteiger partial charge in [-0.1, -0.05) is 18.2 Å². The molecule has 1 aromatic carbocycles. The second kappa shape index (κ2) is 4.44. The Morgan fingerprint density at radius 2 is 2.32 bits per heavy atom. The normalized spacial score (nSPS) is 29.5. The van der Waals surface area contributed by atoms with E-state index in [-0.39, 0.29) is 17.7 Å². The zero-order chi connectivity index (χ0) is 13.6. The van der Waals surface area contributed by atoms with Crippen molar-refractivity contribution in [3.05, 3.63) is 46.2 Å². The third kappa shape index (κ3) is 2.02. The van der Waals surface area contributed by atoms with E-state index in [0.29, 0.717) is 23.9 Å². The quantitative estimate of drug-likeness (QED) is 0.613. The Balaban J connectivity index is 1.93. The summed E-state index contributed by atoms with van der Waals surface area (Å²) in [5.41, 5.74) is 1.59. The first-order chi connectivity index (χ1) is 9.01. The Kier molecular flexibility index (Phi) is 3.01. The van der Waals surface area contributed by atoms with Crippen molar-refractivity contribution in [2.75, 3.05) is 6.61 Å². The molecule has 2 fully saturated rings. The molecular weight excluding hydrogens is 311 g/mol. The van der Waals surface area contributed by atoms with Gasteiger partial charge in [0, 0.05) is 5.92 Å². The fourth-order valence-electron chi connectivity index (χ4n) is 3.28. The minimum Gasteiger partial charge on any atom is -0.465 e. The first-order valence-electron chi connectivity index (χ1n) is 6.29. The highest BCUT2D eigenvalue weighted by atomic mass is 79.9. The molecule has 4 heteroatoms. The highest BCUT2D eigenvalue weighted by Gasteiger charge is 2.55. The third-order valence-electron chi connectivity index (χ3n) is 4.21. The molecule has 0 aromatic heterocycles. The van der Waals surface area contributed by atoms with Gasteiger partial charge in [0.25, 0.3) is 0 Å². The first-order valence-corrected chi connectivity index (χ1v) is 7.08. The fourth-order valence-corrected chi connectivity index (χ4v) is 3.70. The molecule has 2 aliphatic rings. The van der Waals surface area contributed by atoms with Crippen molar-refractivity contribution in [3.8, 4) is 0 Å². The fraction of sp³-hybridized carbons (Fsp3) is 0.400. The Labute approximate surface area is 119 Å². The van der Waals surface area contributed by atoms with Crippen LogP contribution in [-0.4, -0.2) is 12.6 Å². The van der Waals surface area contributed by atoms with E-state index in [0.717, 1.165) is 17.6 Å². The van der Waals surface area contributed by atoms with Crippen LogP contribution in [0.15, 0.2) is 34.8 Å². The molecule has 19 heavy (non-hydrogen) atoms. The van der Waals surface area contributed by atoms with E-state index in [4.69, 9.17) is 4.74 Å². The number of benzene rings is 1. The molecule has 1 saturated carbocycles. The average molecular weight is 325 g/mol. The maximum atomic E-state index is 13.3. The maximum absolute atomic E-state index is 13.3. The van der Waals surface area contributed by atoms with Crippen LogP contribution in [0.5, 0.6) is 0 Å². The van der Waals surface area contributed by atoms with Crippen molar-refractivity contribution in [3.63, 3.8) is 0 Å². The molecular formula is C15H14BrFO2. The number of hydrogen-bond acceptors (Lipinski definition) is 2. The van der Waals surface area contributed by atoms with E-state index in [2.05, 4.69) is 22.5 Å². The monoisotopic (exact) mass is 324 g/mol. The third-order valence-corrected chi connectivity index (χ3v) is 4.82. The van der Waals surface area contributed by atoms with Crippen LogP contribution in [0.4, 0.5) is 4.39 Å². The summed E-state index contributed by atoms with van der Waals surface area (Å²) in [6.45, 7) is 4.50. The van der Waals surface area contributed by atoms with Crippen molar-refractivity contribution >= 4 is 21.9 Å². The number of ether oxygens (including phenoxy) is 1. The molecule has 3 rings (SSSR count). The predicted octanol–water partition coefficient (Wildman–Crippen LogP) is 3.64. The van der Waals surface area contributed by atoms with Gasteiger partial charge in [0.1, 0.15) is 5.82 Å². The standard InChI is InChI=1S/C15H14BrFO2/c1-9-4-11-8-19-14(18)15(11,6-9)7-10-2-3-13(17)12(16)5-10/h2-3,5,11H,1,4,6-8H2. The number of rotatable bonds is 2. The van der Waals surface area contributed by atoms with Crippen LogP contribution in [0.25, 0.3) is 0 Å². The van der Waals surface area contributed by atoms with Gasteiger partial charge in [0.05, 0.1) is 16.5 Å². The molecule has 2 unspecified atom stereocenters. The summed E-state index contributed by atoms with van der Waals surface area (Å²) in [5, 5.41) is 0. The lowest BCUT2D eigenvalue weighted by molar-refractivity contribution is -0.146. The number of halogens is 2. The molecule has 0 N–H and O–H groups in total. The molecule has 1 aliphatic carbocycles. The summed E-state index contributed by atoms with van der Waals surface area (Å²) < 4.78 is 18.9. The second-order valence-electron chi connectivity index (χ2n) is 5.51. The zero-order valence-corrected chi connectivity index (χ0v) is 12.0. The van der Waals surface area contributed by atoms with Crippen LogP contribution in [0.2, 0.25) is 0 Å². The molecule has 1 aromatic rings. The van der Waals surface area contributed by atoms with Gasteiger partial charge in [-0.25, -0.2) is 4.39 Å². The Morgan fingerprint density at radius 3 is 3.05 bits per heavy atom. The highest BCUT2D eigenvalue weighted by molar-refractivity contribution is 9.10. The zero-order valence-electron chi connectivity index (χ0n) is 10.4. The minimum atomic E-state index is -0.478. The summed E-state index contributed by atoms with van der Waals surface area (Å²) in [6.07, 6.45) is 2.13. The van der Waals surface area contributed by atoms with Gasteiger partial charge >= 0.3 is 5.97 Å². The minimum absolute atomic E-state index is 0.128. The molecule has 0 radical (unpaired) electrons. The van der Waals surface area contributed by atoms with E-state index in [1.807, 2.05) is 0 Å². The summed E-state index contributed by atoms with van der Waals surface area (Å²) in [6, 6.07) is 4.90. The summed E-state index contributed by atoms with van der Waals surface area (Å²) in [5.74, 6) is -0.199. The molecule has 1 aliphatic heterocycles. The molecule has 2 atom stereocenters. The van der Waals surface area contributed by atoms with E-state index < -0.39 is 5.41 Å². The number of hydrogen-bond donors (Lipinski definition) is 0. The second-order valence-corrected chi connectivity index (χ2v) is 6.36. The van der Waals surface area contributed by atoms with Crippen LogP contribution in [0.1, 0.15) is 18.4 Å². The number of fused-ring (bicyclic) bond motifs is 1. The van der Waals surface area contributed by atoms with Crippen LogP contribution in [-0.2, 0) is 16.0 Å². The van der Waals surface area contributed by atoms with Crippen molar-refractivity contribution in [2.24, 2.45) is 11.3 Å². The molecule has 0 spiro atoms. The Hall–Kier alpha value is -1.16. The SMILES string of the molecule is C=C1CC2COC(=O)C2(Cc2ccc(F)c(Br)c2)C1. The molecule has 1 heterocycles. The molecule has 1 saturated heterocycles. The lowest BCUT2D eigenvalue weighted by Gasteiger charge is -2.24. The van der Waals surface area contributed by atoms with Gasteiger partial charge < -0.3 is 4.74 Å². The van der Waals surface area contributed by atoms with Gasteiger partial charge in [0.15, 0.2) is 0 Å². The summed E-state index contributed by atoms with van der Waals surface area (Å²) in [7, 11) is 0. The topological polar surface area (TPSA) is 26.3 Å². The van der Waals surface area contributed by atoms with E-state index in [9.17, 15) is 9.18 Å². The van der Waals surface area contributed by atoms with Crippen molar-refractivity contribution < 1.29 is 13.9 Å². The number of carbonyl (C=O) groups is 1. The maximum Gasteiger partial charge on any atom is 0.313 e. The smallest absolute Gasteiger partial charge is 0.313 e. The molecule has 0 bridgehead atoms. The van der Waals surface area contributed by atoms with E-state index >= 15 is 0 Å². The number of esters is 1. The van der Waals surface area contributed by atoms with Crippen LogP contribution in [0.3, 0.4) is 0 Å². The van der Waals surface area contributed by atoms with Gasteiger partial charge in [0.2, 0.25) is 0 Å². The van der Waals surface area contributed by atoms with E-state index in [1.165, 1.54) is 6.07 Å². The highest BCUT2D eigenvalue weighted by Crippen LogP contribution is 2.52. The van der Waals surface area contributed by atoms with Crippen molar-refractivity contribution in [1.29, 1.82) is 0 Å². The van der Waals surface area contributed by atoms with Gasteiger partial charge in [-0.3, -0.25) is 4.79 Å². The first kappa shape index (κ1) is 12.9. The average Bonchev–Trinajstić information content (AvgIpc) is 2.81. The summed E-state index contributed by atoms with van der Waals surface area (Å²) in [4.78, 5) is 12.1. The lowest BCUT2D eigenvalue weighted by Crippen LogP contribution is -2.31. The Morgan fingerprint density at radius 1 is 1.53 bits per heavy atom. The summed E-state index contributed by atoms with van der Waals surface area (Å²) >= 11 is 3.18. The van der Waals surface area contributed by atoms with Crippen LogP contribution >= 0.6 is 15.9 Å². The lowest BCUT2D eigenvalue weighted by atomic mass is 9.75. The number of carbonyl (C=O) groups excluding carboxylic acids is 1. The molecule has 0 amide bonds. The van der Waals surface area contributed by atoms with Crippen LogP contribution in [0, 0.1) is 17.2 Å². The van der Waals surface area contributed by atoms with E-state index in [1.54, 1.807) is 12.1 Å². The molecule has 100 valence electrons. The van der Waals surface area contributed by atoms with Crippen molar-refractivity contribution in [1.82, 2.24) is 0 Å². The molecule has 2 nitrogen and oxygen atoms in total. The van der Waals surface area contributed by atoms with Crippen LogP contribution < -0.4 is 0 Å². The van der Waals surface area contributed by atoms with Gasteiger partial charge in [-0.15, -0.1) is 0 Å². The largest absolute Gasteiger partial charge is 0.465 e. The van der Waals surface area contributed by atoms with Gasteiger partial charge in [-0.05, 0) is 52.9 Å². The Bertz CT molecular complexity index is 569. The van der Waals surface area contributed by atoms with Gasteiger partial charge in [-0.2, -0.15) is 0 Å². The number of allylic oxidation sites excluding steroid dienone is 1.